The number of aryl methyl sites for hydroxylation is 2. The minimum absolute atomic E-state index is 0.231. The van der Waals surface area contributed by atoms with Crippen LogP contribution in [0.3, 0.4) is 0 Å². The van der Waals surface area contributed by atoms with E-state index in [0.717, 1.165) is 49.0 Å². The molecule has 0 unspecified atom stereocenters. The highest BCUT2D eigenvalue weighted by Gasteiger charge is 2.20. The zero-order chi connectivity index (χ0) is 14.7. The van der Waals surface area contributed by atoms with Gasteiger partial charge < -0.3 is 9.30 Å². The lowest BCUT2D eigenvalue weighted by molar-refractivity contribution is 0.119. The fourth-order valence-corrected chi connectivity index (χ4v) is 2.70. The summed E-state index contributed by atoms with van der Waals surface area (Å²) in [5.41, 5.74) is 1.67. The van der Waals surface area contributed by atoms with Gasteiger partial charge in [-0.2, -0.15) is 0 Å². The fourth-order valence-electron chi connectivity index (χ4n) is 2.53. The fraction of sp³-hybridized carbons (Fsp3) is 0.562. The van der Waals surface area contributed by atoms with Crippen LogP contribution in [0.5, 0.6) is 0 Å². The third kappa shape index (κ3) is 3.74. The molecule has 1 aromatic carbocycles. The Morgan fingerprint density at radius 3 is 3.00 bits per heavy atom. The summed E-state index contributed by atoms with van der Waals surface area (Å²) in [7, 11) is 0. The van der Waals surface area contributed by atoms with E-state index in [9.17, 15) is 4.39 Å². The van der Waals surface area contributed by atoms with Gasteiger partial charge in [-0.05, 0) is 43.4 Å². The van der Waals surface area contributed by atoms with Crippen LogP contribution < -0.4 is 0 Å². The molecule has 1 fully saturated rings. The summed E-state index contributed by atoms with van der Waals surface area (Å²) in [6, 6.07) is 4.72. The average Bonchev–Trinajstić information content (AvgIpc) is 3.23. The Bertz CT molecular complexity index is 610. The molecule has 1 aromatic heterocycles. The van der Waals surface area contributed by atoms with Gasteiger partial charge in [0.15, 0.2) is 0 Å². The van der Waals surface area contributed by atoms with Crippen molar-refractivity contribution in [2.24, 2.45) is 5.92 Å². The van der Waals surface area contributed by atoms with Gasteiger partial charge in [0.05, 0.1) is 11.0 Å². The summed E-state index contributed by atoms with van der Waals surface area (Å²) >= 11 is 5.84. The Hall–Kier alpha value is -1.13. The average molecular weight is 311 g/mol. The molecule has 1 aliphatic rings. The molecule has 1 saturated carbocycles. The van der Waals surface area contributed by atoms with Crippen LogP contribution in [-0.2, 0) is 17.7 Å². The van der Waals surface area contributed by atoms with Crippen molar-refractivity contribution in [3.8, 4) is 0 Å². The maximum atomic E-state index is 13.5. The van der Waals surface area contributed by atoms with E-state index in [-0.39, 0.29) is 5.82 Å². The first kappa shape index (κ1) is 14.8. The summed E-state index contributed by atoms with van der Waals surface area (Å²) in [5.74, 6) is 2.00. The van der Waals surface area contributed by atoms with Crippen LogP contribution in [0.4, 0.5) is 4.39 Å². The molecule has 0 atom stereocenters. The lowest BCUT2D eigenvalue weighted by atomic mass is 10.3. The number of imidazole rings is 1. The molecular formula is C16H20ClFN2O. The van der Waals surface area contributed by atoms with Gasteiger partial charge >= 0.3 is 0 Å². The van der Waals surface area contributed by atoms with Crippen molar-refractivity contribution >= 4 is 22.6 Å². The van der Waals surface area contributed by atoms with E-state index in [4.69, 9.17) is 16.3 Å². The van der Waals surface area contributed by atoms with Crippen LogP contribution in [0.2, 0.25) is 0 Å². The quantitative estimate of drug-likeness (QED) is 0.548. The Morgan fingerprint density at radius 2 is 2.24 bits per heavy atom. The molecule has 0 spiro atoms. The zero-order valence-electron chi connectivity index (χ0n) is 12.0. The first-order valence-corrected chi connectivity index (χ1v) is 8.10. The third-order valence-electron chi connectivity index (χ3n) is 3.83. The van der Waals surface area contributed by atoms with E-state index in [1.165, 1.54) is 18.9 Å². The lowest BCUT2D eigenvalue weighted by Crippen LogP contribution is -2.08. The number of hydrogen-bond donors (Lipinski definition) is 0. The number of nitrogens with zero attached hydrogens (tertiary/aromatic N) is 2. The smallest absolute Gasteiger partial charge is 0.125 e. The van der Waals surface area contributed by atoms with Gasteiger partial charge in [-0.3, -0.25) is 0 Å². The van der Waals surface area contributed by atoms with Crippen molar-refractivity contribution in [1.82, 2.24) is 9.55 Å². The van der Waals surface area contributed by atoms with Gasteiger partial charge in [-0.15, -0.1) is 11.6 Å². The summed E-state index contributed by atoms with van der Waals surface area (Å²) < 4.78 is 21.2. The second-order valence-corrected chi connectivity index (χ2v) is 6.00. The number of fused-ring (bicyclic) bond motifs is 1. The first-order valence-electron chi connectivity index (χ1n) is 7.56. The van der Waals surface area contributed by atoms with E-state index in [1.54, 1.807) is 12.1 Å². The zero-order valence-corrected chi connectivity index (χ0v) is 12.8. The van der Waals surface area contributed by atoms with Crippen molar-refractivity contribution in [2.75, 3.05) is 19.1 Å². The van der Waals surface area contributed by atoms with E-state index in [1.807, 2.05) is 0 Å². The molecule has 1 aliphatic carbocycles. The van der Waals surface area contributed by atoms with E-state index in [0.29, 0.717) is 12.3 Å². The second-order valence-electron chi connectivity index (χ2n) is 5.62. The molecule has 0 N–H and O–H groups in total. The number of halogens is 2. The Labute approximate surface area is 129 Å². The molecule has 3 nitrogen and oxygen atoms in total. The maximum Gasteiger partial charge on any atom is 0.125 e. The summed E-state index contributed by atoms with van der Waals surface area (Å²) in [6.07, 6.45) is 4.22. The second kappa shape index (κ2) is 6.75. The third-order valence-corrected chi connectivity index (χ3v) is 4.02. The normalized spacial score (nSPS) is 15.0. The molecule has 3 rings (SSSR count). The van der Waals surface area contributed by atoms with Crippen molar-refractivity contribution < 1.29 is 9.13 Å². The maximum absolute atomic E-state index is 13.5. The number of alkyl halides is 1. The Balaban J connectivity index is 1.67. The first-order chi connectivity index (χ1) is 10.3. The van der Waals surface area contributed by atoms with Crippen LogP contribution in [0.1, 0.15) is 25.1 Å². The molecule has 114 valence electrons. The highest BCUT2D eigenvalue weighted by Crippen LogP contribution is 2.28. The van der Waals surface area contributed by atoms with Gasteiger partial charge in [0.2, 0.25) is 0 Å². The number of hydrogen-bond acceptors (Lipinski definition) is 2. The number of rotatable bonds is 8. The number of ether oxygens (including phenoxy) is 1. The van der Waals surface area contributed by atoms with Crippen LogP contribution >= 0.6 is 11.6 Å². The molecular weight excluding hydrogens is 291 g/mol. The molecule has 0 saturated heterocycles. The van der Waals surface area contributed by atoms with Crippen LogP contribution in [0.25, 0.3) is 11.0 Å². The summed E-state index contributed by atoms with van der Waals surface area (Å²) in [4.78, 5) is 4.55. The monoisotopic (exact) mass is 310 g/mol. The number of benzene rings is 1. The van der Waals surface area contributed by atoms with Crippen LogP contribution in [-0.4, -0.2) is 28.6 Å². The van der Waals surface area contributed by atoms with Gasteiger partial charge in [-0.25, -0.2) is 9.37 Å². The lowest BCUT2D eigenvalue weighted by Gasteiger charge is -2.09. The largest absolute Gasteiger partial charge is 0.381 e. The molecule has 5 heteroatoms. The van der Waals surface area contributed by atoms with E-state index < -0.39 is 0 Å². The summed E-state index contributed by atoms with van der Waals surface area (Å²) in [6.45, 7) is 2.41. The molecule has 0 radical (unpaired) electrons. The van der Waals surface area contributed by atoms with Gasteiger partial charge in [-0.1, -0.05) is 0 Å². The van der Waals surface area contributed by atoms with Gasteiger partial charge in [0.1, 0.15) is 11.6 Å². The predicted octanol–water partition coefficient (Wildman–Crippen LogP) is 3.77. The molecule has 1 heterocycles. The van der Waals surface area contributed by atoms with Crippen molar-refractivity contribution in [1.29, 1.82) is 0 Å². The minimum atomic E-state index is -0.231. The van der Waals surface area contributed by atoms with Gasteiger partial charge in [0.25, 0.3) is 0 Å². The van der Waals surface area contributed by atoms with Crippen molar-refractivity contribution in [3.63, 3.8) is 0 Å². The number of aromatic nitrogens is 2. The molecule has 0 amide bonds. The van der Waals surface area contributed by atoms with E-state index in [2.05, 4.69) is 9.55 Å². The molecule has 0 aliphatic heterocycles. The standard InChI is InChI=1S/C16H20ClFN2O/c17-7-6-16-19-14-5-4-13(18)10-15(14)20(16)8-1-9-21-11-12-2-3-12/h4-5,10,12H,1-3,6-9,11H2. The SMILES string of the molecule is Fc1ccc2nc(CCCl)n(CCCOCC3CC3)c2c1. The van der Waals surface area contributed by atoms with Crippen LogP contribution in [0.15, 0.2) is 18.2 Å². The van der Waals surface area contributed by atoms with Gasteiger partial charge in [0, 0.05) is 32.1 Å². The Kier molecular flexibility index (Phi) is 4.76. The summed E-state index contributed by atoms with van der Waals surface area (Å²) in [5, 5.41) is 0. The molecule has 2 aromatic rings. The minimum Gasteiger partial charge on any atom is -0.381 e. The van der Waals surface area contributed by atoms with Crippen molar-refractivity contribution in [3.05, 3.63) is 29.8 Å². The highest BCUT2D eigenvalue weighted by atomic mass is 35.5. The van der Waals surface area contributed by atoms with Crippen molar-refractivity contribution in [2.45, 2.75) is 32.2 Å². The molecule has 0 bridgehead atoms. The Morgan fingerprint density at radius 1 is 1.38 bits per heavy atom. The topological polar surface area (TPSA) is 27.1 Å². The highest BCUT2D eigenvalue weighted by molar-refractivity contribution is 6.17. The van der Waals surface area contributed by atoms with Crippen LogP contribution in [0, 0.1) is 11.7 Å². The predicted molar refractivity (Wildman–Crippen MR) is 82.3 cm³/mol. The van der Waals surface area contributed by atoms with E-state index >= 15 is 0 Å². The molecule has 21 heavy (non-hydrogen) atoms.